The molecule has 116 valence electrons. The van der Waals surface area contributed by atoms with E-state index in [9.17, 15) is 31.5 Å². The summed E-state index contributed by atoms with van der Waals surface area (Å²) in [6.07, 6.45) is 0. The second-order valence-corrected chi connectivity index (χ2v) is 3.97. The fourth-order valence-electron chi connectivity index (χ4n) is 1.64. The van der Waals surface area contributed by atoms with Crippen molar-refractivity contribution in [3.8, 4) is 0 Å². The number of ketones is 2. The maximum absolute atomic E-state index is 13.4. The molecule has 0 aromatic heterocycles. The van der Waals surface area contributed by atoms with Crippen molar-refractivity contribution in [3.05, 3.63) is 70.5 Å². The van der Waals surface area contributed by atoms with Gasteiger partial charge in [-0.2, -0.15) is 0 Å². The Labute approximate surface area is 131 Å². The second kappa shape index (κ2) is 6.78. The van der Waals surface area contributed by atoms with Crippen molar-refractivity contribution in [1.29, 1.82) is 0 Å². The normalized spacial score (nSPS) is 10.0. The van der Waals surface area contributed by atoms with E-state index in [-0.39, 0.29) is 22.5 Å². The molecular weight excluding hydrogens is 375 g/mol. The molecule has 0 N–H and O–H groups in total. The first-order valence-electron chi connectivity index (χ1n) is 5.51. The van der Waals surface area contributed by atoms with E-state index in [4.69, 9.17) is 0 Å². The van der Waals surface area contributed by atoms with Gasteiger partial charge >= 0.3 is 0 Å². The van der Waals surface area contributed by atoms with Crippen LogP contribution < -0.4 is 0 Å². The summed E-state index contributed by atoms with van der Waals surface area (Å²) in [5.74, 6) is -14.8. The molecule has 0 bridgehead atoms. The molecule has 0 aliphatic rings. The van der Waals surface area contributed by atoms with Crippen LogP contribution in [0, 0.1) is 29.1 Å². The third kappa shape index (κ3) is 2.92. The van der Waals surface area contributed by atoms with Gasteiger partial charge < -0.3 is 0 Å². The molecule has 2 rings (SSSR count). The van der Waals surface area contributed by atoms with Crippen LogP contribution in [0.2, 0.25) is 0 Å². The quantitative estimate of drug-likeness (QED) is 0.265. The zero-order valence-corrected chi connectivity index (χ0v) is 12.2. The molecule has 0 fully saturated rings. The van der Waals surface area contributed by atoms with Gasteiger partial charge in [-0.1, -0.05) is 30.3 Å². The number of halogens is 6. The number of hydrogen-bond donors (Lipinski definition) is 0. The molecule has 0 heterocycles. The van der Waals surface area contributed by atoms with Crippen LogP contribution >= 0.6 is 17.0 Å². The first kappa shape index (κ1) is 18.0. The Morgan fingerprint density at radius 2 is 1.05 bits per heavy atom. The number of benzene rings is 2. The lowest BCUT2D eigenvalue weighted by atomic mass is 10.00. The van der Waals surface area contributed by atoms with Crippen molar-refractivity contribution in [2.24, 2.45) is 0 Å². The highest BCUT2D eigenvalue weighted by Crippen LogP contribution is 2.24. The van der Waals surface area contributed by atoms with Crippen molar-refractivity contribution in [3.63, 3.8) is 0 Å². The molecule has 0 radical (unpaired) electrons. The average molecular weight is 381 g/mol. The molecule has 0 spiro atoms. The van der Waals surface area contributed by atoms with E-state index < -0.39 is 46.2 Å². The van der Waals surface area contributed by atoms with Crippen molar-refractivity contribution in [1.82, 2.24) is 0 Å². The molecule has 2 aromatic carbocycles. The second-order valence-electron chi connectivity index (χ2n) is 3.97. The molecule has 2 aromatic rings. The highest BCUT2D eigenvalue weighted by Gasteiger charge is 2.32. The lowest BCUT2D eigenvalue weighted by Crippen LogP contribution is -2.20. The van der Waals surface area contributed by atoms with Gasteiger partial charge in [-0.3, -0.25) is 9.59 Å². The SMILES string of the molecule is Br.O=C(C(=O)c1c(F)c(F)c(F)c(F)c1F)c1ccccc1. The Morgan fingerprint density at radius 1 is 0.636 bits per heavy atom. The molecule has 0 atom stereocenters. The summed E-state index contributed by atoms with van der Waals surface area (Å²) in [6.45, 7) is 0. The lowest BCUT2D eigenvalue weighted by molar-refractivity contribution is 0.0810. The van der Waals surface area contributed by atoms with Crippen molar-refractivity contribution < 1.29 is 31.5 Å². The minimum absolute atomic E-state index is 0. The Bertz CT molecular complexity index is 718. The molecule has 0 saturated heterocycles. The number of carbonyl (C=O) groups is 2. The van der Waals surface area contributed by atoms with Crippen LogP contribution in [-0.2, 0) is 0 Å². The first-order chi connectivity index (χ1) is 9.86. The molecular formula is C14H6BrF5O2. The Kier molecular flexibility index (Phi) is 5.54. The van der Waals surface area contributed by atoms with Gasteiger partial charge in [0.15, 0.2) is 23.3 Å². The van der Waals surface area contributed by atoms with E-state index >= 15 is 0 Å². The number of hydrogen-bond acceptors (Lipinski definition) is 2. The van der Waals surface area contributed by atoms with E-state index in [0.29, 0.717) is 0 Å². The number of carbonyl (C=O) groups excluding carboxylic acids is 2. The molecule has 0 unspecified atom stereocenters. The highest BCUT2D eigenvalue weighted by atomic mass is 79.9. The van der Waals surface area contributed by atoms with Gasteiger partial charge in [-0.25, -0.2) is 22.0 Å². The van der Waals surface area contributed by atoms with Gasteiger partial charge in [0.1, 0.15) is 5.56 Å². The predicted molar refractivity (Wildman–Crippen MR) is 71.7 cm³/mol. The van der Waals surface area contributed by atoms with Crippen LogP contribution in [0.5, 0.6) is 0 Å². The van der Waals surface area contributed by atoms with Gasteiger partial charge in [0.25, 0.3) is 0 Å². The van der Waals surface area contributed by atoms with Crippen LogP contribution in [-0.4, -0.2) is 11.6 Å². The molecule has 8 heteroatoms. The van der Waals surface area contributed by atoms with Gasteiger partial charge in [0.2, 0.25) is 17.4 Å². The first-order valence-corrected chi connectivity index (χ1v) is 5.51. The predicted octanol–water partition coefficient (Wildman–Crippen LogP) is 4.03. The summed E-state index contributed by atoms with van der Waals surface area (Å²) in [6, 6.07) is 6.61. The average Bonchev–Trinajstić information content (AvgIpc) is 2.51. The lowest BCUT2D eigenvalue weighted by Gasteiger charge is -2.06. The van der Waals surface area contributed by atoms with Crippen LogP contribution in [0.1, 0.15) is 20.7 Å². The Balaban J connectivity index is 0.00000242. The maximum atomic E-state index is 13.4. The van der Waals surface area contributed by atoms with Crippen molar-refractivity contribution in [2.75, 3.05) is 0 Å². The van der Waals surface area contributed by atoms with Crippen LogP contribution in [0.3, 0.4) is 0 Å². The monoisotopic (exact) mass is 380 g/mol. The van der Waals surface area contributed by atoms with Gasteiger partial charge in [0.05, 0.1) is 0 Å². The third-order valence-electron chi connectivity index (χ3n) is 2.68. The van der Waals surface area contributed by atoms with E-state index in [1.807, 2.05) is 0 Å². The molecule has 22 heavy (non-hydrogen) atoms. The largest absolute Gasteiger partial charge is 0.285 e. The molecule has 0 aliphatic heterocycles. The highest BCUT2D eigenvalue weighted by molar-refractivity contribution is 8.93. The summed E-state index contributed by atoms with van der Waals surface area (Å²) >= 11 is 0. The van der Waals surface area contributed by atoms with E-state index in [1.165, 1.54) is 30.3 Å². The molecule has 2 nitrogen and oxygen atoms in total. The van der Waals surface area contributed by atoms with Crippen molar-refractivity contribution in [2.45, 2.75) is 0 Å². The summed E-state index contributed by atoms with van der Waals surface area (Å²) in [5, 5.41) is 0. The van der Waals surface area contributed by atoms with Gasteiger partial charge in [0, 0.05) is 5.56 Å². The van der Waals surface area contributed by atoms with Crippen LogP contribution in [0.15, 0.2) is 30.3 Å². The van der Waals surface area contributed by atoms with Crippen LogP contribution in [0.25, 0.3) is 0 Å². The molecule has 0 saturated carbocycles. The fourth-order valence-corrected chi connectivity index (χ4v) is 1.64. The maximum Gasteiger partial charge on any atom is 0.239 e. The Morgan fingerprint density at radius 3 is 1.50 bits per heavy atom. The number of rotatable bonds is 3. The zero-order valence-electron chi connectivity index (χ0n) is 10.5. The Hall–Kier alpha value is -2.09. The summed E-state index contributed by atoms with van der Waals surface area (Å²) in [4.78, 5) is 23.5. The minimum Gasteiger partial charge on any atom is -0.285 e. The molecule has 0 amide bonds. The summed E-state index contributed by atoms with van der Waals surface area (Å²) < 4.78 is 65.7. The third-order valence-corrected chi connectivity index (χ3v) is 2.68. The standard InChI is InChI=1S/C14H5F5O2.BrH/c15-8-7(9(16)11(18)12(19)10(8)17)14(21)13(20)6-4-2-1-3-5-6;/h1-5H;1H. The zero-order chi connectivity index (χ0) is 15.7. The topological polar surface area (TPSA) is 34.1 Å². The summed E-state index contributed by atoms with van der Waals surface area (Å²) in [7, 11) is 0. The smallest absolute Gasteiger partial charge is 0.239 e. The minimum atomic E-state index is -2.39. The summed E-state index contributed by atoms with van der Waals surface area (Å²) in [5.41, 5.74) is -1.99. The van der Waals surface area contributed by atoms with Crippen molar-refractivity contribution >= 4 is 28.5 Å². The van der Waals surface area contributed by atoms with E-state index in [1.54, 1.807) is 0 Å². The molecule has 0 aliphatic carbocycles. The fraction of sp³-hybridized carbons (Fsp3) is 0. The van der Waals surface area contributed by atoms with Gasteiger partial charge in [-0.15, -0.1) is 17.0 Å². The van der Waals surface area contributed by atoms with E-state index in [0.717, 1.165) is 0 Å². The van der Waals surface area contributed by atoms with Gasteiger partial charge in [-0.05, 0) is 0 Å². The number of Topliss-reactive ketones (excluding diaryl/α,β-unsaturated/α-hetero) is 2. The van der Waals surface area contributed by atoms with E-state index in [2.05, 4.69) is 0 Å². The van der Waals surface area contributed by atoms with Crippen LogP contribution in [0.4, 0.5) is 22.0 Å².